The minimum absolute atomic E-state index is 0.0136. The average molecular weight is 322 g/mol. The van der Waals surface area contributed by atoms with Gasteiger partial charge in [0.05, 0.1) is 11.2 Å². The summed E-state index contributed by atoms with van der Waals surface area (Å²) in [7, 11) is -0.541. The quantitative estimate of drug-likeness (QED) is 0.641. The zero-order valence-corrected chi connectivity index (χ0v) is 14.9. The number of carbonyl (C=O) groups excluding carboxylic acids is 1. The Bertz CT molecular complexity index is 747. The molecule has 1 heterocycles. The summed E-state index contributed by atoms with van der Waals surface area (Å²) in [6.07, 6.45) is 0. The van der Waals surface area contributed by atoms with Gasteiger partial charge in [0.25, 0.3) is 0 Å². The van der Waals surface area contributed by atoms with E-state index in [4.69, 9.17) is 9.31 Å². The first-order chi connectivity index (χ1) is 11.2. The van der Waals surface area contributed by atoms with Gasteiger partial charge in [-0.2, -0.15) is 0 Å². The summed E-state index contributed by atoms with van der Waals surface area (Å²) in [5.41, 5.74) is 2.34. The van der Waals surface area contributed by atoms with Crippen molar-refractivity contribution in [2.75, 3.05) is 0 Å². The molecule has 24 heavy (non-hydrogen) atoms. The Hall–Kier alpha value is -1.91. The Balaban J connectivity index is 1.98. The summed E-state index contributed by atoms with van der Waals surface area (Å²) in [5, 5.41) is 0. The summed E-state index contributed by atoms with van der Waals surface area (Å²) >= 11 is 0. The largest absolute Gasteiger partial charge is 0.495 e. The topological polar surface area (TPSA) is 35.5 Å². The molecule has 1 saturated heterocycles. The summed E-state index contributed by atoms with van der Waals surface area (Å²) in [5.74, 6) is -0.0136. The first-order valence-electron chi connectivity index (χ1n) is 8.27. The average Bonchev–Trinajstić information content (AvgIpc) is 2.75. The van der Waals surface area contributed by atoms with Crippen molar-refractivity contribution in [2.24, 2.45) is 0 Å². The molecule has 0 radical (unpaired) electrons. The molecule has 0 spiro atoms. The third-order valence-electron chi connectivity index (χ3n) is 5.03. The third-order valence-corrected chi connectivity index (χ3v) is 5.03. The standard InChI is InChI=1S/C20H23BO3/c1-14-10-12-15(13-11-14)18(22)16-8-6-7-9-17(16)21-23-19(2,3)20(4,5)24-21/h6-13H,1-5H3. The number of benzene rings is 2. The Labute approximate surface area is 144 Å². The van der Waals surface area contributed by atoms with Gasteiger partial charge in [-0.15, -0.1) is 0 Å². The molecule has 3 rings (SSSR count). The molecule has 2 aromatic rings. The lowest BCUT2D eigenvalue weighted by Gasteiger charge is -2.32. The van der Waals surface area contributed by atoms with Crippen molar-refractivity contribution < 1.29 is 14.1 Å². The lowest BCUT2D eigenvalue weighted by molar-refractivity contribution is 0.00578. The SMILES string of the molecule is Cc1ccc(C(=O)c2ccccc2B2OC(C)(C)C(C)(C)O2)cc1. The Morgan fingerprint density at radius 1 is 0.875 bits per heavy atom. The van der Waals surface area contributed by atoms with Crippen LogP contribution in [0.2, 0.25) is 0 Å². The van der Waals surface area contributed by atoms with Crippen LogP contribution in [0.5, 0.6) is 0 Å². The number of hydrogen-bond acceptors (Lipinski definition) is 3. The van der Waals surface area contributed by atoms with Crippen LogP contribution in [0.25, 0.3) is 0 Å². The summed E-state index contributed by atoms with van der Waals surface area (Å²) < 4.78 is 12.2. The van der Waals surface area contributed by atoms with Crippen LogP contribution in [0.15, 0.2) is 48.5 Å². The second-order valence-corrected chi connectivity index (χ2v) is 7.37. The number of carbonyl (C=O) groups is 1. The van der Waals surface area contributed by atoms with E-state index in [0.717, 1.165) is 11.0 Å². The predicted octanol–water partition coefficient (Wildman–Crippen LogP) is 3.53. The molecule has 3 nitrogen and oxygen atoms in total. The van der Waals surface area contributed by atoms with E-state index in [2.05, 4.69) is 0 Å². The van der Waals surface area contributed by atoms with Crippen molar-refractivity contribution in [3.63, 3.8) is 0 Å². The molecule has 1 aliphatic rings. The van der Waals surface area contributed by atoms with Gasteiger partial charge in [-0.25, -0.2) is 0 Å². The molecule has 1 fully saturated rings. The highest BCUT2D eigenvalue weighted by atomic mass is 16.7. The normalized spacial score (nSPS) is 18.6. The molecule has 0 atom stereocenters. The zero-order valence-electron chi connectivity index (χ0n) is 14.9. The lowest BCUT2D eigenvalue weighted by Crippen LogP contribution is -2.41. The van der Waals surface area contributed by atoms with Gasteiger partial charge < -0.3 is 9.31 Å². The molecule has 0 saturated carbocycles. The highest BCUT2D eigenvalue weighted by Gasteiger charge is 2.52. The van der Waals surface area contributed by atoms with Crippen molar-refractivity contribution in [3.05, 3.63) is 65.2 Å². The molecule has 0 unspecified atom stereocenters. The molecule has 2 aromatic carbocycles. The van der Waals surface area contributed by atoms with Crippen molar-refractivity contribution in [1.82, 2.24) is 0 Å². The minimum Gasteiger partial charge on any atom is -0.399 e. The van der Waals surface area contributed by atoms with Gasteiger partial charge in [-0.3, -0.25) is 4.79 Å². The molecular weight excluding hydrogens is 299 g/mol. The van der Waals surface area contributed by atoms with Crippen LogP contribution in [-0.4, -0.2) is 24.1 Å². The smallest absolute Gasteiger partial charge is 0.399 e. The number of ketones is 1. The Morgan fingerprint density at radius 2 is 1.42 bits per heavy atom. The van der Waals surface area contributed by atoms with E-state index in [9.17, 15) is 4.79 Å². The fourth-order valence-electron chi connectivity index (χ4n) is 2.74. The monoisotopic (exact) mass is 322 g/mol. The number of rotatable bonds is 3. The Morgan fingerprint density at radius 3 is 2.00 bits per heavy atom. The molecule has 0 N–H and O–H groups in total. The van der Waals surface area contributed by atoms with Crippen molar-refractivity contribution in [3.8, 4) is 0 Å². The lowest BCUT2D eigenvalue weighted by atomic mass is 9.74. The van der Waals surface area contributed by atoms with E-state index in [1.165, 1.54) is 0 Å². The van der Waals surface area contributed by atoms with Crippen LogP contribution in [0.1, 0.15) is 49.2 Å². The summed E-state index contributed by atoms with van der Waals surface area (Å²) in [6, 6.07) is 15.1. The van der Waals surface area contributed by atoms with Crippen molar-refractivity contribution >= 4 is 18.4 Å². The van der Waals surface area contributed by atoms with E-state index >= 15 is 0 Å². The highest BCUT2D eigenvalue weighted by Crippen LogP contribution is 2.36. The Kier molecular flexibility index (Phi) is 4.14. The summed E-state index contributed by atoms with van der Waals surface area (Å²) in [4.78, 5) is 12.9. The van der Waals surface area contributed by atoms with Crippen LogP contribution in [-0.2, 0) is 9.31 Å². The van der Waals surface area contributed by atoms with E-state index in [1.807, 2.05) is 83.1 Å². The molecule has 4 heteroatoms. The maximum absolute atomic E-state index is 12.9. The second-order valence-electron chi connectivity index (χ2n) is 7.37. The van der Waals surface area contributed by atoms with Crippen LogP contribution in [0, 0.1) is 6.92 Å². The molecule has 0 aromatic heterocycles. The molecule has 0 aliphatic carbocycles. The zero-order chi connectivity index (χ0) is 17.5. The van der Waals surface area contributed by atoms with Crippen molar-refractivity contribution in [2.45, 2.75) is 45.8 Å². The van der Waals surface area contributed by atoms with Gasteiger partial charge in [0.15, 0.2) is 5.78 Å². The van der Waals surface area contributed by atoms with E-state index in [1.54, 1.807) is 0 Å². The maximum Gasteiger partial charge on any atom is 0.495 e. The predicted molar refractivity (Wildman–Crippen MR) is 96.8 cm³/mol. The minimum atomic E-state index is -0.541. The van der Waals surface area contributed by atoms with Crippen molar-refractivity contribution in [1.29, 1.82) is 0 Å². The number of hydrogen-bond donors (Lipinski definition) is 0. The number of aryl methyl sites for hydroxylation is 1. The molecule has 124 valence electrons. The maximum atomic E-state index is 12.9. The molecule has 1 aliphatic heterocycles. The van der Waals surface area contributed by atoms with E-state index < -0.39 is 18.3 Å². The van der Waals surface area contributed by atoms with Crippen LogP contribution in [0.3, 0.4) is 0 Å². The summed E-state index contributed by atoms with van der Waals surface area (Å²) in [6.45, 7) is 10.1. The third kappa shape index (κ3) is 2.92. The van der Waals surface area contributed by atoms with Gasteiger partial charge in [0.2, 0.25) is 0 Å². The highest BCUT2D eigenvalue weighted by molar-refractivity contribution is 6.64. The van der Waals surface area contributed by atoms with Crippen LogP contribution < -0.4 is 5.46 Å². The second kappa shape index (κ2) is 5.87. The van der Waals surface area contributed by atoms with Gasteiger partial charge in [-0.05, 0) is 40.1 Å². The van der Waals surface area contributed by atoms with Gasteiger partial charge in [0.1, 0.15) is 0 Å². The van der Waals surface area contributed by atoms with E-state index in [-0.39, 0.29) is 5.78 Å². The van der Waals surface area contributed by atoms with E-state index in [0.29, 0.717) is 11.1 Å². The first kappa shape index (κ1) is 16.9. The van der Waals surface area contributed by atoms with Crippen LogP contribution >= 0.6 is 0 Å². The van der Waals surface area contributed by atoms with Gasteiger partial charge in [0, 0.05) is 11.1 Å². The van der Waals surface area contributed by atoms with Gasteiger partial charge in [-0.1, -0.05) is 54.1 Å². The molecule has 0 bridgehead atoms. The first-order valence-corrected chi connectivity index (χ1v) is 8.27. The van der Waals surface area contributed by atoms with Gasteiger partial charge >= 0.3 is 7.12 Å². The van der Waals surface area contributed by atoms with Crippen LogP contribution in [0.4, 0.5) is 0 Å². The molecule has 0 amide bonds. The molecular formula is C20H23BO3. The fraction of sp³-hybridized carbons (Fsp3) is 0.350. The fourth-order valence-corrected chi connectivity index (χ4v) is 2.74.